The molecule has 0 fully saturated rings. The first-order chi connectivity index (χ1) is 8.22. The summed E-state index contributed by atoms with van der Waals surface area (Å²) in [4.78, 5) is 0.829. The molecule has 0 saturated heterocycles. The van der Waals surface area contributed by atoms with Crippen molar-refractivity contribution in [3.63, 3.8) is 0 Å². The SMILES string of the molecule is CNCCC(O)C(O)c1cc2ccccc2s1. The highest BCUT2D eigenvalue weighted by atomic mass is 32.1. The average Bonchev–Trinajstić information content (AvgIpc) is 2.78. The number of hydrogen-bond donors (Lipinski definition) is 3. The lowest BCUT2D eigenvalue weighted by Crippen LogP contribution is -2.22. The minimum absolute atomic E-state index is 0.548. The first-order valence-corrected chi connectivity index (χ1v) is 6.53. The smallest absolute Gasteiger partial charge is 0.114 e. The van der Waals surface area contributed by atoms with E-state index in [1.54, 1.807) is 0 Å². The molecule has 1 aromatic heterocycles. The van der Waals surface area contributed by atoms with Crippen LogP contribution in [0.15, 0.2) is 30.3 Å². The van der Waals surface area contributed by atoms with E-state index < -0.39 is 12.2 Å². The number of hydrogen-bond acceptors (Lipinski definition) is 4. The highest BCUT2D eigenvalue weighted by Gasteiger charge is 2.19. The molecule has 1 aromatic carbocycles. The molecule has 2 aromatic rings. The van der Waals surface area contributed by atoms with Crippen LogP contribution in [0.3, 0.4) is 0 Å². The largest absolute Gasteiger partial charge is 0.390 e. The maximum Gasteiger partial charge on any atom is 0.114 e. The summed E-state index contributed by atoms with van der Waals surface area (Å²) < 4.78 is 1.14. The summed E-state index contributed by atoms with van der Waals surface area (Å²) >= 11 is 1.54. The topological polar surface area (TPSA) is 52.5 Å². The Morgan fingerprint density at radius 3 is 2.76 bits per heavy atom. The number of aliphatic hydroxyl groups is 2. The second-order valence-corrected chi connectivity index (χ2v) is 5.21. The number of fused-ring (bicyclic) bond motifs is 1. The van der Waals surface area contributed by atoms with Crippen molar-refractivity contribution >= 4 is 21.4 Å². The van der Waals surface area contributed by atoms with Crippen LogP contribution in [0.1, 0.15) is 17.4 Å². The summed E-state index contributed by atoms with van der Waals surface area (Å²) in [5, 5.41) is 24.0. The highest BCUT2D eigenvalue weighted by molar-refractivity contribution is 7.19. The van der Waals surface area contributed by atoms with Crippen LogP contribution in [0.5, 0.6) is 0 Å². The fraction of sp³-hybridized carbons (Fsp3) is 0.385. The molecule has 0 aliphatic carbocycles. The molecular formula is C13H17NO2S. The van der Waals surface area contributed by atoms with Gasteiger partial charge in [0, 0.05) is 9.58 Å². The van der Waals surface area contributed by atoms with Crippen molar-refractivity contribution in [3.05, 3.63) is 35.2 Å². The van der Waals surface area contributed by atoms with Gasteiger partial charge in [-0.3, -0.25) is 0 Å². The van der Waals surface area contributed by atoms with Crippen LogP contribution in [0.4, 0.5) is 0 Å². The normalized spacial score (nSPS) is 15.0. The summed E-state index contributed by atoms with van der Waals surface area (Å²) in [6.45, 7) is 0.698. The van der Waals surface area contributed by atoms with Crippen LogP contribution in [0.25, 0.3) is 10.1 Å². The zero-order chi connectivity index (χ0) is 12.3. The van der Waals surface area contributed by atoms with Crippen molar-refractivity contribution in [3.8, 4) is 0 Å². The zero-order valence-corrected chi connectivity index (χ0v) is 10.6. The van der Waals surface area contributed by atoms with E-state index in [4.69, 9.17) is 0 Å². The lowest BCUT2D eigenvalue weighted by atomic mass is 10.1. The lowest BCUT2D eigenvalue weighted by Gasteiger charge is -2.15. The minimum atomic E-state index is -0.791. The van der Waals surface area contributed by atoms with Crippen molar-refractivity contribution in [1.29, 1.82) is 0 Å². The van der Waals surface area contributed by atoms with Crippen LogP contribution < -0.4 is 5.32 Å². The average molecular weight is 251 g/mol. The van der Waals surface area contributed by atoms with E-state index in [0.717, 1.165) is 15.0 Å². The van der Waals surface area contributed by atoms with E-state index in [0.29, 0.717) is 13.0 Å². The molecule has 0 spiro atoms. The molecule has 0 aliphatic heterocycles. The van der Waals surface area contributed by atoms with Crippen LogP contribution in [-0.4, -0.2) is 29.9 Å². The van der Waals surface area contributed by atoms with Crippen molar-refractivity contribution in [2.24, 2.45) is 0 Å². The highest BCUT2D eigenvalue weighted by Crippen LogP contribution is 2.31. The van der Waals surface area contributed by atoms with Gasteiger partial charge in [0.05, 0.1) is 6.10 Å². The molecule has 3 N–H and O–H groups in total. The Morgan fingerprint density at radius 2 is 2.06 bits per heavy atom. The third-order valence-corrected chi connectivity index (χ3v) is 3.98. The van der Waals surface area contributed by atoms with Crippen molar-refractivity contribution < 1.29 is 10.2 Å². The Morgan fingerprint density at radius 1 is 1.29 bits per heavy atom. The van der Waals surface area contributed by atoms with Gasteiger partial charge in [0.2, 0.25) is 0 Å². The molecule has 0 bridgehead atoms. The summed E-state index contributed by atoms with van der Waals surface area (Å²) in [5.41, 5.74) is 0. The molecule has 0 saturated carbocycles. The molecule has 17 heavy (non-hydrogen) atoms. The van der Waals surface area contributed by atoms with Crippen LogP contribution in [0, 0.1) is 0 Å². The summed E-state index contributed by atoms with van der Waals surface area (Å²) in [6.07, 6.45) is -0.956. The molecule has 0 amide bonds. The van der Waals surface area contributed by atoms with Crippen LogP contribution in [-0.2, 0) is 0 Å². The van der Waals surface area contributed by atoms with E-state index in [1.807, 2.05) is 37.4 Å². The lowest BCUT2D eigenvalue weighted by molar-refractivity contribution is 0.0162. The third-order valence-electron chi connectivity index (χ3n) is 2.79. The number of benzene rings is 1. The van der Waals surface area contributed by atoms with Gasteiger partial charge in [-0.2, -0.15) is 0 Å². The van der Waals surface area contributed by atoms with Crippen molar-refractivity contribution in [1.82, 2.24) is 5.32 Å². The fourth-order valence-corrected chi connectivity index (χ4v) is 2.90. The second kappa shape index (κ2) is 5.60. The Kier molecular flexibility index (Phi) is 4.12. The zero-order valence-electron chi connectivity index (χ0n) is 9.76. The maximum absolute atomic E-state index is 10.0. The number of nitrogens with one attached hydrogen (secondary N) is 1. The molecule has 1 heterocycles. The minimum Gasteiger partial charge on any atom is -0.390 e. The van der Waals surface area contributed by atoms with E-state index in [-0.39, 0.29) is 0 Å². The quantitative estimate of drug-likeness (QED) is 0.761. The molecule has 2 atom stereocenters. The predicted octanol–water partition coefficient (Wildman–Crippen LogP) is 1.91. The third kappa shape index (κ3) is 2.84. The van der Waals surface area contributed by atoms with Gasteiger partial charge in [0.1, 0.15) is 6.10 Å². The Bertz CT molecular complexity index is 450. The van der Waals surface area contributed by atoms with Gasteiger partial charge in [0.15, 0.2) is 0 Å². The summed E-state index contributed by atoms with van der Waals surface area (Å²) in [7, 11) is 1.83. The van der Waals surface area contributed by atoms with Gasteiger partial charge in [0.25, 0.3) is 0 Å². The molecule has 0 aliphatic rings. The molecule has 4 heteroatoms. The molecule has 3 nitrogen and oxygen atoms in total. The molecule has 0 radical (unpaired) electrons. The Labute approximate surface area is 105 Å². The van der Waals surface area contributed by atoms with Gasteiger partial charge in [-0.15, -0.1) is 11.3 Å². The summed E-state index contributed by atoms with van der Waals surface area (Å²) in [5.74, 6) is 0. The molecular weight excluding hydrogens is 234 g/mol. The van der Waals surface area contributed by atoms with Crippen molar-refractivity contribution in [2.45, 2.75) is 18.6 Å². The van der Waals surface area contributed by atoms with Gasteiger partial charge in [-0.05, 0) is 37.5 Å². The standard InChI is InChI=1S/C13H17NO2S/c1-14-7-6-10(15)13(16)12-8-9-4-2-3-5-11(9)17-12/h2-5,8,10,13-16H,6-7H2,1H3. The van der Waals surface area contributed by atoms with Gasteiger partial charge < -0.3 is 15.5 Å². The first kappa shape index (κ1) is 12.5. The number of aliphatic hydroxyl groups excluding tert-OH is 2. The second-order valence-electron chi connectivity index (χ2n) is 4.09. The molecule has 2 unspecified atom stereocenters. The van der Waals surface area contributed by atoms with Gasteiger partial charge >= 0.3 is 0 Å². The van der Waals surface area contributed by atoms with Crippen LogP contribution in [0.2, 0.25) is 0 Å². The maximum atomic E-state index is 10.0. The van der Waals surface area contributed by atoms with E-state index in [1.165, 1.54) is 11.3 Å². The summed E-state index contributed by atoms with van der Waals surface area (Å²) in [6, 6.07) is 9.95. The van der Waals surface area contributed by atoms with Gasteiger partial charge in [-0.1, -0.05) is 18.2 Å². The first-order valence-electron chi connectivity index (χ1n) is 5.71. The van der Waals surface area contributed by atoms with Gasteiger partial charge in [-0.25, -0.2) is 0 Å². The molecule has 92 valence electrons. The monoisotopic (exact) mass is 251 g/mol. The Hall–Kier alpha value is -0.940. The Balaban J connectivity index is 2.15. The number of rotatable bonds is 5. The number of thiophene rings is 1. The van der Waals surface area contributed by atoms with Crippen molar-refractivity contribution in [2.75, 3.05) is 13.6 Å². The fourth-order valence-electron chi connectivity index (χ4n) is 1.79. The van der Waals surface area contributed by atoms with Crippen LogP contribution >= 0.6 is 11.3 Å². The molecule has 2 rings (SSSR count). The van der Waals surface area contributed by atoms with E-state index in [2.05, 4.69) is 5.32 Å². The predicted molar refractivity (Wildman–Crippen MR) is 71.3 cm³/mol. The van der Waals surface area contributed by atoms with E-state index in [9.17, 15) is 10.2 Å². The van der Waals surface area contributed by atoms with E-state index >= 15 is 0 Å².